The zero-order valence-corrected chi connectivity index (χ0v) is 16.1. The third kappa shape index (κ3) is 3.92. The molecule has 0 saturated heterocycles. The van der Waals surface area contributed by atoms with Gasteiger partial charge in [-0.3, -0.25) is 0 Å². The smallest absolute Gasteiger partial charge is 0.349 e. The molecule has 2 aromatic heterocycles. The number of aryl methyl sites for hydroxylation is 1. The number of hydrogen-bond donors (Lipinski definition) is 1. The highest BCUT2D eigenvalue weighted by Crippen LogP contribution is 2.27. The van der Waals surface area contributed by atoms with Gasteiger partial charge in [-0.25, -0.2) is 22.6 Å². The Bertz CT molecular complexity index is 1080. The number of rotatable bonds is 6. The largest absolute Gasteiger partial charge is 0.465 e. The van der Waals surface area contributed by atoms with Crippen LogP contribution in [0.3, 0.4) is 0 Å². The van der Waals surface area contributed by atoms with Crippen molar-refractivity contribution in [1.29, 1.82) is 0 Å². The quantitative estimate of drug-likeness (QED) is 0.632. The second-order valence-corrected chi connectivity index (χ2v) is 8.21. The second kappa shape index (κ2) is 7.59. The highest BCUT2D eigenvalue weighted by atomic mass is 32.2. The van der Waals surface area contributed by atoms with Crippen LogP contribution in [0.4, 0.5) is 4.39 Å². The summed E-state index contributed by atoms with van der Waals surface area (Å²) >= 11 is 0.961. The van der Waals surface area contributed by atoms with Crippen molar-refractivity contribution in [1.82, 2.24) is 14.3 Å². The molecule has 0 bridgehead atoms. The van der Waals surface area contributed by atoms with Crippen molar-refractivity contribution in [2.24, 2.45) is 7.05 Å². The number of ether oxygens (including phenoxy) is 1. The van der Waals surface area contributed by atoms with E-state index in [1.807, 2.05) is 0 Å². The standard InChI is InChI=1S/C17H16FN3O4S2/c1-21-8-7-19-16(21)14(11-4-3-5-12(18)10-11)20-27(23,24)13-6-9-26-15(13)17(22)25-2/h3-10,14,20H,1-2H3. The number of thiophene rings is 1. The van der Waals surface area contributed by atoms with Crippen LogP contribution in [0.25, 0.3) is 0 Å². The van der Waals surface area contributed by atoms with E-state index in [0.717, 1.165) is 11.3 Å². The molecule has 0 amide bonds. The van der Waals surface area contributed by atoms with Gasteiger partial charge in [-0.15, -0.1) is 11.3 Å². The lowest BCUT2D eigenvalue weighted by Gasteiger charge is -2.19. The Labute approximate surface area is 159 Å². The number of nitrogens with zero attached hydrogens (tertiary/aromatic N) is 2. The van der Waals surface area contributed by atoms with Crippen LogP contribution in [0.15, 0.2) is 53.0 Å². The number of esters is 1. The average molecular weight is 409 g/mol. The first-order valence-corrected chi connectivity index (χ1v) is 10.1. The van der Waals surface area contributed by atoms with E-state index in [-0.39, 0.29) is 9.77 Å². The Hall–Kier alpha value is -2.56. The molecule has 1 N–H and O–H groups in total. The van der Waals surface area contributed by atoms with E-state index in [2.05, 4.69) is 14.4 Å². The molecule has 0 aliphatic heterocycles. The van der Waals surface area contributed by atoms with E-state index in [1.165, 1.54) is 43.0 Å². The number of methoxy groups -OCH3 is 1. The molecule has 0 aliphatic carbocycles. The minimum atomic E-state index is -4.12. The van der Waals surface area contributed by atoms with Crippen LogP contribution in [-0.4, -0.2) is 31.0 Å². The van der Waals surface area contributed by atoms with Gasteiger partial charge in [-0.1, -0.05) is 12.1 Å². The van der Waals surface area contributed by atoms with Gasteiger partial charge in [0.15, 0.2) is 0 Å². The molecular formula is C17H16FN3O4S2. The minimum absolute atomic E-state index is 0.0390. The predicted octanol–water partition coefficient (Wildman–Crippen LogP) is 2.48. The molecule has 0 fully saturated rings. The summed E-state index contributed by atoms with van der Waals surface area (Å²) in [7, 11) is -1.24. The van der Waals surface area contributed by atoms with Crippen LogP contribution in [0, 0.1) is 5.82 Å². The van der Waals surface area contributed by atoms with Gasteiger partial charge in [-0.2, -0.15) is 4.72 Å². The number of benzene rings is 1. The number of hydrogen-bond acceptors (Lipinski definition) is 6. The highest BCUT2D eigenvalue weighted by Gasteiger charge is 2.30. The zero-order chi connectivity index (χ0) is 19.6. The van der Waals surface area contributed by atoms with E-state index >= 15 is 0 Å². The topological polar surface area (TPSA) is 90.3 Å². The fourth-order valence-electron chi connectivity index (χ4n) is 2.58. The maximum absolute atomic E-state index is 13.7. The summed E-state index contributed by atoms with van der Waals surface area (Å²) in [6.07, 6.45) is 3.17. The molecule has 27 heavy (non-hydrogen) atoms. The molecule has 0 spiro atoms. The summed E-state index contributed by atoms with van der Waals surface area (Å²) in [5.41, 5.74) is 0.378. The lowest BCUT2D eigenvalue weighted by Crippen LogP contribution is -2.31. The average Bonchev–Trinajstić information content (AvgIpc) is 3.28. The molecule has 0 saturated carbocycles. The summed E-state index contributed by atoms with van der Waals surface area (Å²) < 4.78 is 48.5. The molecular weight excluding hydrogens is 393 g/mol. The normalized spacial score (nSPS) is 12.7. The maximum Gasteiger partial charge on any atom is 0.349 e. The Balaban J connectivity index is 2.06. The molecule has 0 aliphatic rings. The Morgan fingerprint density at radius 3 is 2.78 bits per heavy atom. The van der Waals surface area contributed by atoms with Crippen LogP contribution >= 0.6 is 11.3 Å². The maximum atomic E-state index is 13.7. The van der Waals surface area contributed by atoms with E-state index in [0.29, 0.717) is 11.4 Å². The monoisotopic (exact) mass is 409 g/mol. The van der Waals surface area contributed by atoms with Gasteiger partial charge >= 0.3 is 5.97 Å². The molecule has 1 atom stereocenters. The number of imidazole rings is 1. The van der Waals surface area contributed by atoms with Gasteiger partial charge < -0.3 is 9.30 Å². The third-order valence-electron chi connectivity index (χ3n) is 3.86. The Morgan fingerprint density at radius 1 is 1.37 bits per heavy atom. The molecule has 10 heteroatoms. The van der Waals surface area contributed by atoms with E-state index in [4.69, 9.17) is 0 Å². The summed E-state index contributed by atoms with van der Waals surface area (Å²) in [6.45, 7) is 0. The Morgan fingerprint density at radius 2 is 2.15 bits per heavy atom. The number of aromatic nitrogens is 2. The molecule has 1 aromatic carbocycles. The van der Waals surface area contributed by atoms with Crippen molar-refractivity contribution in [3.05, 3.63) is 70.2 Å². The van der Waals surface area contributed by atoms with Crippen molar-refractivity contribution in [2.75, 3.05) is 7.11 Å². The SMILES string of the molecule is COC(=O)c1sccc1S(=O)(=O)NC(c1cccc(F)c1)c1nccn1C. The first-order chi connectivity index (χ1) is 12.8. The van der Waals surface area contributed by atoms with E-state index < -0.39 is 27.9 Å². The Kier molecular flexibility index (Phi) is 5.40. The summed E-state index contributed by atoms with van der Waals surface area (Å²) in [4.78, 5) is 15.8. The fourth-order valence-corrected chi connectivity index (χ4v) is 5.10. The molecule has 2 heterocycles. The number of sulfonamides is 1. The highest BCUT2D eigenvalue weighted by molar-refractivity contribution is 7.89. The van der Waals surface area contributed by atoms with Crippen molar-refractivity contribution in [2.45, 2.75) is 10.9 Å². The zero-order valence-electron chi connectivity index (χ0n) is 14.4. The number of nitrogens with one attached hydrogen (secondary N) is 1. The number of carbonyl (C=O) groups excluding carboxylic acids is 1. The summed E-state index contributed by atoms with van der Waals surface area (Å²) in [6, 6.07) is 5.95. The van der Waals surface area contributed by atoms with E-state index in [9.17, 15) is 17.6 Å². The first kappa shape index (κ1) is 19.2. The summed E-state index contributed by atoms with van der Waals surface area (Å²) in [5.74, 6) is -0.875. The van der Waals surface area contributed by atoms with Crippen LogP contribution in [-0.2, 0) is 21.8 Å². The second-order valence-electron chi connectivity index (χ2n) is 5.61. The number of halogens is 1. The number of carbonyl (C=O) groups is 1. The predicted molar refractivity (Wildman–Crippen MR) is 97.4 cm³/mol. The van der Waals surface area contributed by atoms with Crippen molar-refractivity contribution in [3.63, 3.8) is 0 Å². The lowest BCUT2D eigenvalue weighted by atomic mass is 10.1. The molecule has 1 unspecified atom stereocenters. The van der Waals surface area contributed by atoms with Gasteiger partial charge in [0.2, 0.25) is 10.0 Å². The van der Waals surface area contributed by atoms with Crippen molar-refractivity contribution in [3.8, 4) is 0 Å². The van der Waals surface area contributed by atoms with Crippen molar-refractivity contribution < 1.29 is 22.3 Å². The van der Waals surface area contributed by atoms with Gasteiger partial charge in [0.1, 0.15) is 27.5 Å². The van der Waals surface area contributed by atoms with Gasteiger partial charge in [-0.05, 0) is 29.1 Å². The molecule has 3 rings (SSSR count). The molecule has 142 valence electrons. The lowest BCUT2D eigenvalue weighted by molar-refractivity contribution is 0.0602. The summed E-state index contributed by atoms with van der Waals surface area (Å²) in [5, 5.41) is 1.48. The van der Waals surface area contributed by atoms with Crippen LogP contribution in [0.5, 0.6) is 0 Å². The first-order valence-electron chi connectivity index (χ1n) is 7.74. The third-order valence-corrected chi connectivity index (χ3v) is 6.35. The van der Waals surface area contributed by atoms with Gasteiger partial charge in [0.25, 0.3) is 0 Å². The fraction of sp³-hybridized carbons (Fsp3) is 0.176. The van der Waals surface area contributed by atoms with Gasteiger partial charge in [0, 0.05) is 19.4 Å². The van der Waals surface area contributed by atoms with Crippen LogP contribution in [0.1, 0.15) is 27.1 Å². The minimum Gasteiger partial charge on any atom is -0.465 e. The molecule has 3 aromatic rings. The van der Waals surface area contributed by atoms with Crippen LogP contribution < -0.4 is 4.72 Å². The van der Waals surface area contributed by atoms with E-state index in [1.54, 1.807) is 23.9 Å². The molecule has 7 nitrogen and oxygen atoms in total. The van der Waals surface area contributed by atoms with Gasteiger partial charge in [0.05, 0.1) is 7.11 Å². The van der Waals surface area contributed by atoms with Crippen molar-refractivity contribution >= 4 is 27.3 Å². The van der Waals surface area contributed by atoms with Crippen LogP contribution in [0.2, 0.25) is 0 Å². The molecule has 0 radical (unpaired) electrons.